The van der Waals surface area contributed by atoms with Gasteiger partial charge in [0.25, 0.3) is 0 Å². The molecular weight excluding hydrogens is 360 g/mol. The molecule has 0 fully saturated rings. The van der Waals surface area contributed by atoms with E-state index in [0.717, 1.165) is 11.8 Å². The van der Waals surface area contributed by atoms with Gasteiger partial charge in [0.05, 0.1) is 12.4 Å². The van der Waals surface area contributed by atoms with Crippen LogP contribution in [0.15, 0.2) is 29.6 Å². The molecule has 0 radical (unpaired) electrons. The Labute approximate surface area is 153 Å². The second-order valence-corrected chi connectivity index (χ2v) is 6.02. The third-order valence-corrected chi connectivity index (χ3v) is 4.14. The lowest BCUT2D eigenvalue weighted by molar-refractivity contribution is -0.113. The predicted octanol–water partition coefficient (Wildman–Crippen LogP) is 1.69. The maximum atomic E-state index is 12.1. The first-order valence-corrected chi connectivity index (χ1v) is 8.67. The van der Waals surface area contributed by atoms with Crippen LogP contribution in [0.4, 0.5) is 11.5 Å². The lowest BCUT2D eigenvalue weighted by atomic mass is 10.3. The highest BCUT2D eigenvalue weighted by atomic mass is 32.2. The summed E-state index contributed by atoms with van der Waals surface area (Å²) in [6.45, 7) is 2.09. The van der Waals surface area contributed by atoms with Crippen molar-refractivity contribution in [1.29, 1.82) is 0 Å². The molecule has 1 aliphatic heterocycles. The molecule has 0 unspecified atom stereocenters. The zero-order valence-electron chi connectivity index (χ0n) is 13.9. The summed E-state index contributed by atoms with van der Waals surface area (Å²) in [5.74, 6) is 0.487. The molecule has 0 bridgehead atoms. The summed E-state index contributed by atoms with van der Waals surface area (Å²) in [5.41, 5.74) is 6.44. The number of carbonyl (C=O) groups is 2. The molecule has 0 saturated carbocycles. The molecule has 1 amide bonds. The van der Waals surface area contributed by atoms with E-state index in [4.69, 9.17) is 19.9 Å². The van der Waals surface area contributed by atoms with Crippen molar-refractivity contribution in [2.45, 2.75) is 12.1 Å². The van der Waals surface area contributed by atoms with Crippen molar-refractivity contribution in [3.63, 3.8) is 0 Å². The molecule has 0 saturated heterocycles. The Bertz CT molecular complexity index is 845. The second kappa shape index (κ2) is 7.91. The minimum atomic E-state index is -0.581. The van der Waals surface area contributed by atoms with Crippen LogP contribution < -0.4 is 20.5 Å². The monoisotopic (exact) mass is 376 g/mol. The number of hydrogen-bond donors (Lipinski definition) is 2. The molecule has 10 heteroatoms. The number of fused-ring (bicyclic) bond motifs is 1. The molecule has 136 valence electrons. The lowest BCUT2D eigenvalue weighted by Crippen LogP contribution is -2.15. The molecule has 3 N–H and O–H groups in total. The molecule has 0 spiro atoms. The van der Waals surface area contributed by atoms with Crippen LogP contribution in [-0.4, -0.2) is 41.0 Å². The maximum absolute atomic E-state index is 12.1. The van der Waals surface area contributed by atoms with Crippen LogP contribution >= 0.6 is 11.8 Å². The number of ether oxygens (including phenoxy) is 3. The quantitative estimate of drug-likeness (QED) is 0.440. The van der Waals surface area contributed by atoms with Gasteiger partial charge < -0.3 is 25.3 Å². The van der Waals surface area contributed by atoms with Gasteiger partial charge in [0.1, 0.15) is 11.4 Å². The van der Waals surface area contributed by atoms with E-state index in [1.807, 2.05) is 0 Å². The molecule has 2 aromatic rings. The van der Waals surface area contributed by atoms with E-state index in [-0.39, 0.29) is 41.6 Å². The number of esters is 1. The average Bonchev–Trinajstić information content (AvgIpc) is 3.08. The van der Waals surface area contributed by atoms with Gasteiger partial charge in [0, 0.05) is 18.0 Å². The van der Waals surface area contributed by atoms with E-state index in [1.165, 1.54) is 6.20 Å². The summed E-state index contributed by atoms with van der Waals surface area (Å²) in [6.07, 6.45) is 1.29. The van der Waals surface area contributed by atoms with Crippen molar-refractivity contribution < 1.29 is 23.8 Å². The molecule has 1 aromatic carbocycles. The largest absolute Gasteiger partial charge is 0.462 e. The first kappa shape index (κ1) is 17.8. The summed E-state index contributed by atoms with van der Waals surface area (Å²) >= 11 is 1.10. The van der Waals surface area contributed by atoms with Gasteiger partial charge >= 0.3 is 5.97 Å². The highest BCUT2D eigenvalue weighted by molar-refractivity contribution is 7.99. The van der Waals surface area contributed by atoms with E-state index >= 15 is 0 Å². The molecule has 0 aliphatic carbocycles. The van der Waals surface area contributed by atoms with Crippen molar-refractivity contribution in [2.24, 2.45) is 0 Å². The van der Waals surface area contributed by atoms with Gasteiger partial charge in [0.15, 0.2) is 16.7 Å². The Balaban J connectivity index is 1.56. The Morgan fingerprint density at radius 1 is 1.35 bits per heavy atom. The number of amides is 1. The lowest BCUT2D eigenvalue weighted by Gasteiger charge is -2.07. The third-order valence-electron chi connectivity index (χ3n) is 3.28. The molecule has 26 heavy (non-hydrogen) atoms. The molecule has 1 aliphatic rings. The van der Waals surface area contributed by atoms with Gasteiger partial charge in [-0.3, -0.25) is 4.79 Å². The van der Waals surface area contributed by atoms with Crippen molar-refractivity contribution >= 4 is 35.1 Å². The number of thioether (sulfide) groups is 1. The van der Waals surface area contributed by atoms with Crippen molar-refractivity contribution in [1.82, 2.24) is 9.97 Å². The number of rotatable bonds is 6. The second-order valence-electron chi connectivity index (χ2n) is 5.08. The fourth-order valence-corrected chi connectivity index (χ4v) is 2.74. The van der Waals surface area contributed by atoms with Gasteiger partial charge in [-0.15, -0.1) is 0 Å². The van der Waals surface area contributed by atoms with Crippen LogP contribution in [0.2, 0.25) is 0 Å². The number of nitrogens with zero attached hydrogens (tertiary/aromatic N) is 2. The van der Waals surface area contributed by atoms with Gasteiger partial charge in [0.2, 0.25) is 12.7 Å². The summed E-state index contributed by atoms with van der Waals surface area (Å²) in [7, 11) is 0. The smallest absolute Gasteiger partial charge is 0.343 e. The summed E-state index contributed by atoms with van der Waals surface area (Å²) < 4.78 is 15.3. The first-order valence-electron chi connectivity index (χ1n) is 7.68. The number of benzene rings is 1. The number of hydrogen-bond acceptors (Lipinski definition) is 9. The fraction of sp³-hybridized carbons (Fsp3) is 0.250. The number of nitrogens with two attached hydrogens (primary N) is 1. The fourth-order valence-electron chi connectivity index (χ4n) is 2.12. The van der Waals surface area contributed by atoms with E-state index in [0.29, 0.717) is 17.2 Å². The average molecular weight is 376 g/mol. The highest BCUT2D eigenvalue weighted by Gasteiger charge is 2.16. The van der Waals surface area contributed by atoms with Gasteiger partial charge in [-0.05, 0) is 19.1 Å². The molecule has 2 heterocycles. The van der Waals surface area contributed by atoms with Crippen LogP contribution in [-0.2, 0) is 9.53 Å². The van der Waals surface area contributed by atoms with E-state index < -0.39 is 5.97 Å². The van der Waals surface area contributed by atoms with Gasteiger partial charge in [-0.2, -0.15) is 0 Å². The molecular formula is C16H16N4O5S. The SMILES string of the molecule is CCOC(=O)c1cnc(SCC(=O)Nc2ccc3c(c2)OCO3)nc1N. The molecule has 1 aromatic heterocycles. The normalized spacial score (nSPS) is 11.9. The number of anilines is 2. The van der Waals surface area contributed by atoms with Crippen LogP contribution in [0.1, 0.15) is 17.3 Å². The molecule has 3 rings (SSSR count). The van der Waals surface area contributed by atoms with Crippen molar-refractivity contribution in [3.05, 3.63) is 30.0 Å². The zero-order chi connectivity index (χ0) is 18.5. The Morgan fingerprint density at radius 3 is 2.92 bits per heavy atom. The number of aromatic nitrogens is 2. The van der Waals surface area contributed by atoms with Crippen LogP contribution in [0, 0.1) is 0 Å². The van der Waals surface area contributed by atoms with Crippen LogP contribution in [0.5, 0.6) is 11.5 Å². The van der Waals surface area contributed by atoms with E-state index in [1.54, 1.807) is 25.1 Å². The minimum absolute atomic E-state index is 0.0112. The van der Waals surface area contributed by atoms with Gasteiger partial charge in [-0.25, -0.2) is 14.8 Å². The number of nitrogens with one attached hydrogen (secondary N) is 1. The Kier molecular flexibility index (Phi) is 5.42. The zero-order valence-corrected chi connectivity index (χ0v) is 14.7. The van der Waals surface area contributed by atoms with E-state index in [9.17, 15) is 9.59 Å². The third kappa shape index (κ3) is 4.14. The number of nitrogen functional groups attached to an aromatic ring is 1. The van der Waals surface area contributed by atoms with Gasteiger partial charge in [-0.1, -0.05) is 11.8 Å². The maximum Gasteiger partial charge on any atom is 0.343 e. The van der Waals surface area contributed by atoms with Crippen LogP contribution in [0.3, 0.4) is 0 Å². The minimum Gasteiger partial charge on any atom is -0.462 e. The van der Waals surface area contributed by atoms with Crippen molar-refractivity contribution in [2.75, 3.05) is 30.2 Å². The Hall–Kier alpha value is -3.01. The standard InChI is InChI=1S/C16H16N4O5S/c1-2-23-15(22)10-6-18-16(20-14(10)17)26-7-13(21)19-9-3-4-11-12(5-9)25-8-24-11/h3-6H,2,7-8H2,1H3,(H,19,21)(H2,17,18,20). The molecule has 0 atom stereocenters. The van der Waals surface area contributed by atoms with E-state index in [2.05, 4.69) is 15.3 Å². The molecule has 9 nitrogen and oxygen atoms in total. The predicted molar refractivity (Wildman–Crippen MR) is 94.3 cm³/mol. The highest BCUT2D eigenvalue weighted by Crippen LogP contribution is 2.34. The van der Waals surface area contributed by atoms with Crippen LogP contribution in [0.25, 0.3) is 0 Å². The van der Waals surface area contributed by atoms with Crippen molar-refractivity contribution in [3.8, 4) is 11.5 Å². The summed E-state index contributed by atoms with van der Waals surface area (Å²) in [5, 5.41) is 3.03. The summed E-state index contributed by atoms with van der Waals surface area (Å²) in [6, 6.07) is 5.13. The first-order chi connectivity index (χ1) is 12.6. The summed E-state index contributed by atoms with van der Waals surface area (Å²) in [4.78, 5) is 31.8. The topological polar surface area (TPSA) is 126 Å². The number of carbonyl (C=O) groups excluding carboxylic acids is 2. The Morgan fingerprint density at radius 2 is 2.15 bits per heavy atom.